The lowest BCUT2D eigenvalue weighted by atomic mass is 9.96. The van der Waals surface area contributed by atoms with Gasteiger partial charge >= 0.3 is 0 Å². The molecule has 6 nitrogen and oxygen atoms in total. The number of carbonyl (C=O) groups is 1. The number of aromatic nitrogens is 2. The van der Waals surface area contributed by atoms with Crippen LogP contribution in [0.1, 0.15) is 26.2 Å². The first-order valence-electron chi connectivity index (χ1n) is 11.4. The Bertz CT molecular complexity index is 954. The molecule has 0 saturated carbocycles. The quantitative estimate of drug-likeness (QED) is 0.489. The molecule has 1 fully saturated rings. The molecule has 168 valence electrons. The zero-order valence-electron chi connectivity index (χ0n) is 18.6. The van der Waals surface area contributed by atoms with Crippen molar-refractivity contribution in [1.82, 2.24) is 15.5 Å². The summed E-state index contributed by atoms with van der Waals surface area (Å²) >= 11 is 1.67. The van der Waals surface area contributed by atoms with Crippen LogP contribution >= 0.6 is 11.3 Å². The van der Waals surface area contributed by atoms with E-state index in [1.54, 1.807) is 11.3 Å². The van der Waals surface area contributed by atoms with Crippen LogP contribution in [-0.2, 0) is 4.79 Å². The molecule has 3 heterocycles. The van der Waals surface area contributed by atoms with Gasteiger partial charge in [0.25, 0.3) is 0 Å². The molecule has 1 aliphatic heterocycles. The van der Waals surface area contributed by atoms with E-state index in [4.69, 9.17) is 0 Å². The maximum Gasteiger partial charge on any atom is 0.223 e. The number of nitrogens with one attached hydrogen (secondary N) is 1. The van der Waals surface area contributed by atoms with Gasteiger partial charge in [-0.05, 0) is 61.9 Å². The maximum atomic E-state index is 12.6. The first-order valence-corrected chi connectivity index (χ1v) is 12.3. The zero-order valence-corrected chi connectivity index (χ0v) is 19.4. The summed E-state index contributed by atoms with van der Waals surface area (Å²) in [5.74, 6) is 1.16. The van der Waals surface area contributed by atoms with E-state index in [9.17, 15) is 4.79 Å². The number of anilines is 2. The summed E-state index contributed by atoms with van der Waals surface area (Å²) in [5.41, 5.74) is 2.15. The predicted molar refractivity (Wildman–Crippen MR) is 132 cm³/mol. The normalized spacial score (nSPS) is 14.3. The van der Waals surface area contributed by atoms with Gasteiger partial charge in [0, 0.05) is 44.3 Å². The molecule has 7 heteroatoms. The maximum absolute atomic E-state index is 12.6. The minimum Gasteiger partial charge on any atom is -0.372 e. The Balaban J connectivity index is 1.18. The van der Waals surface area contributed by atoms with Gasteiger partial charge in [-0.1, -0.05) is 24.3 Å². The van der Waals surface area contributed by atoms with Crippen molar-refractivity contribution in [1.29, 1.82) is 0 Å². The summed E-state index contributed by atoms with van der Waals surface area (Å²) in [6.45, 7) is 6.47. The largest absolute Gasteiger partial charge is 0.372 e. The number of rotatable bonds is 9. The van der Waals surface area contributed by atoms with E-state index in [1.165, 1.54) is 5.69 Å². The van der Waals surface area contributed by atoms with Crippen molar-refractivity contribution in [2.24, 2.45) is 5.92 Å². The van der Waals surface area contributed by atoms with E-state index >= 15 is 0 Å². The Labute approximate surface area is 194 Å². The van der Waals surface area contributed by atoms with Gasteiger partial charge in [-0.3, -0.25) is 4.79 Å². The Morgan fingerprint density at radius 2 is 1.91 bits per heavy atom. The van der Waals surface area contributed by atoms with Crippen molar-refractivity contribution >= 4 is 28.7 Å². The summed E-state index contributed by atoms with van der Waals surface area (Å²) < 4.78 is 0. The van der Waals surface area contributed by atoms with Gasteiger partial charge in [-0.15, -0.1) is 21.5 Å². The van der Waals surface area contributed by atoms with Crippen molar-refractivity contribution in [3.8, 4) is 10.6 Å². The third kappa shape index (κ3) is 5.65. The number of hydrogen-bond donors (Lipinski definition) is 1. The highest BCUT2D eigenvalue weighted by Gasteiger charge is 2.25. The molecule has 1 aliphatic rings. The summed E-state index contributed by atoms with van der Waals surface area (Å²) in [5, 5.41) is 14.0. The topological polar surface area (TPSA) is 61.4 Å². The summed E-state index contributed by atoms with van der Waals surface area (Å²) in [7, 11) is 0. The molecule has 1 N–H and O–H groups in total. The lowest BCUT2D eigenvalue weighted by molar-refractivity contribution is -0.125. The molecule has 0 radical (unpaired) electrons. The van der Waals surface area contributed by atoms with E-state index in [0.717, 1.165) is 68.4 Å². The lowest BCUT2D eigenvalue weighted by Gasteiger charge is -2.32. The second kappa shape index (κ2) is 11.1. The Morgan fingerprint density at radius 3 is 2.56 bits per heavy atom. The third-order valence-corrected chi connectivity index (χ3v) is 6.91. The van der Waals surface area contributed by atoms with Crippen LogP contribution in [0.25, 0.3) is 10.6 Å². The van der Waals surface area contributed by atoms with Crippen LogP contribution in [0, 0.1) is 5.92 Å². The van der Waals surface area contributed by atoms with Crippen LogP contribution in [0.5, 0.6) is 0 Å². The Morgan fingerprint density at radius 1 is 1.09 bits per heavy atom. The van der Waals surface area contributed by atoms with Crippen LogP contribution in [0.2, 0.25) is 0 Å². The average Bonchev–Trinajstić information content (AvgIpc) is 3.40. The van der Waals surface area contributed by atoms with Gasteiger partial charge in [0.05, 0.1) is 4.88 Å². The number of amides is 1. The van der Waals surface area contributed by atoms with Crippen molar-refractivity contribution in [2.45, 2.75) is 26.2 Å². The number of para-hydroxylation sites is 1. The lowest BCUT2D eigenvalue weighted by Crippen LogP contribution is -2.41. The fraction of sp³-hybridized carbons (Fsp3) is 0.400. The minimum atomic E-state index is 0.0843. The van der Waals surface area contributed by atoms with Gasteiger partial charge in [-0.25, -0.2) is 0 Å². The predicted octanol–water partition coefficient (Wildman–Crippen LogP) is 4.45. The van der Waals surface area contributed by atoms with Crippen LogP contribution in [0.4, 0.5) is 11.5 Å². The fourth-order valence-corrected chi connectivity index (χ4v) is 4.85. The van der Waals surface area contributed by atoms with E-state index in [1.807, 2.05) is 29.6 Å². The second-order valence-corrected chi connectivity index (χ2v) is 9.02. The standard InChI is InChI=1S/C25H31N5OS/c1-2-29(21-8-4-3-5-9-21)16-7-15-26-25(31)20-13-17-30(18-14-20)24-12-11-22(27-28-24)23-10-6-19-32-23/h3-6,8-12,19-20H,2,7,13-18H2,1H3,(H,26,31). The Hall–Kier alpha value is -2.93. The number of carbonyl (C=O) groups excluding carboxylic acids is 1. The monoisotopic (exact) mass is 449 g/mol. The van der Waals surface area contributed by atoms with Gasteiger partial charge in [-0.2, -0.15) is 0 Å². The molecular weight excluding hydrogens is 418 g/mol. The molecule has 4 rings (SSSR count). The number of nitrogens with zero attached hydrogens (tertiary/aromatic N) is 4. The molecule has 2 aromatic heterocycles. The van der Waals surface area contributed by atoms with Crippen molar-refractivity contribution in [2.75, 3.05) is 42.5 Å². The van der Waals surface area contributed by atoms with E-state index in [0.29, 0.717) is 0 Å². The van der Waals surface area contributed by atoms with Crippen molar-refractivity contribution in [3.05, 3.63) is 60.0 Å². The summed E-state index contributed by atoms with van der Waals surface area (Å²) in [6.07, 6.45) is 2.65. The third-order valence-electron chi connectivity index (χ3n) is 6.02. The van der Waals surface area contributed by atoms with Crippen LogP contribution < -0.4 is 15.1 Å². The van der Waals surface area contributed by atoms with E-state index in [-0.39, 0.29) is 11.8 Å². The molecular formula is C25H31N5OS. The van der Waals surface area contributed by atoms with Gasteiger partial charge in [0.1, 0.15) is 5.69 Å². The van der Waals surface area contributed by atoms with Crippen LogP contribution in [0.15, 0.2) is 60.0 Å². The number of benzene rings is 1. The SMILES string of the molecule is CCN(CCCNC(=O)C1CCN(c2ccc(-c3cccs3)nn2)CC1)c1ccccc1. The average molecular weight is 450 g/mol. The summed E-state index contributed by atoms with van der Waals surface area (Å²) in [6, 6.07) is 18.6. The second-order valence-electron chi connectivity index (χ2n) is 8.08. The number of piperidine rings is 1. The molecule has 0 spiro atoms. The molecule has 3 aromatic rings. The smallest absolute Gasteiger partial charge is 0.223 e. The van der Waals surface area contributed by atoms with Crippen molar-refractivity contribution in [3.63, 3.8) is 0 Å². The minimum absolute atomic E-state index is 0.0843. The van der Waals surface area contributed by atoms with Crippen LogP contribution in [0.3, 0.4) is 0 Å². The first kappa shape index (κ1) is 22.3. The molecule has 0 atom stereocenters. The zero-order chi connectivity index (χ0) is 22.2. The molecule has 1 saturated heterocycles. The number of hydrogen-bond acceptors (Lipinski definition) is 6. The van der Waals surface area contributed by atoms with E-state index in [2.05, 4.69) is 62.6 Å². The molecule has 0 bridgehead atoms. The van der Waals surface area contributed by atoms with Gasteiger partial charge in [0.15, 0.2) is 5.82 Å². The van der Waals surface area contributed by atoms with Gasteiger partial charge in [0.2, 0.25) is 5.91 Å². The molecule has 0 aliphatic carbocycles. The summed E-state index contributed by atoms with van der Waals surface area (Å²) in [4.78, 5) is 18.3. The molecule has 1 amide bonds. The Kier molecular flexibility index (Phi) is 7.72. The molecule has 0 unspecified atom stereocenters. The van der Waals surface area contributed by atoms with Crippen LogP contribution in [-0.4, -0.2) is 48.8 Å². The van der Waals surface area contributed by atoms with E-state index < -0.39 is 0 Å². The highest BCUT2D eigenvalue weighted by Crippen LogP contribution is 2.25. The van der Waals surface area contributed by atoms with Gasteiger partial charge < -0.3 is 15.1 Å². The van der Waals surface area contributed by atoms with Crippen molar-refractivity contribution < 1.29 is 4.79 Å². The first-order chi connectivity index (χ1) is 15.7. The highest BCUT2D eigenvalue weighted by molar-refractivity contribution is 7.13. The highest BCUT2D eigenvalue weighted by atomic mass is 32.1. The number of thiophene rings is 1. The molecule has 1 aromatic carbocycles. The molecule has 32 heavy (non-hydrogen) atoms. The fourth-order valence-electron chi connectivity index (χ4n) is 4.15.